The van der Waals surface area contributed by atoms with Crippen LogP contribution in [-0.2, 0) is 0 Å². The van der Waals surface area contributed by atoms with E-state index < -0.39 is 0 Å². The van der Waals surface area contributed by atoms with Crippen molar-refractivity contribution in [2.75, 3.05) is 43.1 Å². The Morgan fingerprint density at radius 2 is 1.64 bits per heavy atom. The van der Waals surface area contributed by atoms with Crippen LogP contribution >= 0.6 is 0 Å². The minimum absolute atomic E-state index is 0.0850. The lowest BCUT2D eigenvalue weighted by molar-refractivity contribution is 0.415. The third kappa shape index (κ3) is 3.03. The van der Waals surface area contributed by atoms with E-state index in [0.717, 1.165) is 37.4 Å². The molecule has 0 atom stereocenters. The summed E-state index contributed by atoms with van der Waals surface area (Å²) in [5.41, 5.74) is 1.83. The summed E-state index contributed by atoms with van der Waals surface area (Å²) in [6, 6.07) is 15.5. The fraction of sp³-hybridized carbons (Fsp3) is 0.263. The van der Waals surface area contributed by atoms with Crippen LogP contribution in [0.3, 0.4) is 0 Å². The second-order valence-corrected chi connectivity index (χ2v) is 6.08. The van der Waals surface area contributed by atoms with Gasteiger partial charge in [-0.25, -0.2) is 4.98 Å². The average Bonchev–Trinajstić information content (AvgIpc) is 2.68. The van der Waals surface area contributed by atoms with Crippen LogP contribution in [0.1, 0.15) is 0 Å². The van der Waals surface area contributed by atoms with Crippen LogP contribution in [0, 0.1) is 0 Å². The van der Waals surface area contributed by atoms with Gasteiger partial charge in [0.05, 0.1) is 18.0 Å². The third-order valence-electron chi connectivity index (χ3n) is 4.62. The van der Waals surface area contributed by atoms with E-state index in [1.165, 1.54) is 5.69 Å². The van der Waals surface area contributed by atoms with E-state index in [9.17, 15) is 4.79 Å². The van der Waals surface area contributed by atoms with Gasteiger partial charge in [-0.3, -0.25) is 9.78 Å². The summed E-state index contributed by atoms with van der Waals surface area (Å²) >= 11 is 0. The van der Waals surface area contributed by atoms with Crippen molar-refractivity contribution in [3.63, 3.8) is 0 Å². The van der Waals surface area contributed by atoms with E-state index in [-0.39, 0.29) is 5.56 Å². The molecule has 0 amide bonds. The molecule has 1 aliphatic heterocycles. The van der Waals surface area contributed by atoms with Crippen molar-refractivity contribution in [1.29, 1.82) is 0 Å². The first kappa shape index (κ1) is 15.5. The topological polar surface area (TPSA) is 61.5 Å². The zero-order valence-electron chi connectivity index (χ0n) is 14.1. The molecule has 4 rings (SSSR count). The number of anilines is 2. The lowest BCUT2D eigenvalue weighted by Crippen LogP contribution is -2.47. The highest BCUT2D eigenvalue weighted by Crippen LogP contribution is 2.21. The Morgan fingerprint density at radius 1 is 0.960 bits per heavy atom. The molecule has 0 saturated carbocycles. The molecule has 6 nitrogen and oxygen atoms in total. The van der Waals surface area contributed by atoms with Gasteiger partial charge in [0.25, 0.3) is 5.56 Å². The van der Waals surface area contributed by atoms with Crippen LogP contribution in [-0.4, -0.2) is 43.3 Å². The Morgan fingerprint density at radius 3 is 2.36 bits per heavy atom. The van der Waals surface area contributed by atoms with Gasteiger partial charge in [-0.15, -0.1) is 0 Å². The number of methoxy groups -OCH3 is 1. The van der Waals surface area contributed by atoms with Gasteiger partial charge < -0.3 is 14.5 Å². The van der Waals surface area contributed by atoms with Crippen molar-refractivity contribution in [3.05, 3.63) is 58.9 Å². The maximum atomic E-state index is 12.2. The lowest BCUT2D eigenvalue weighted by atomic mass is 10.2. The van der Waals surface area contributed by atoms with Crippen molar-refractivity contribution in [2.24, 2.45) is 0 Å². The number of H-pyrrole nitrogens is 1. The molecule has 1 aliphatic rings. The molecule has 0 bridgehead atoms. The first-order chi connectivity index (χ1) is 12.2. The van der Waals surface area contributed by atoms with Gasteiger partial charge in [-0.1, -0.05) is 12.1 Å². The number of rotatable bonds is 3. The molecule has 1 fully saturated rings. The number of aromatic nitrogens is 2. The van der Waals surface area contributed by atoms with E-state index in [1.54, 1.807) is 13.2 Å². The average molecular weight is 336 g/mol. The molecule has 3 aromatic rings. The highest BCUT2D eigenvalue weighted by atomic mass is 16.5. The molecule has 0 spiro atoms. The van der Waals surface area contributed by atoms with Crippen LogP contribution in [0.25, 0.3) is 10.9 Å². The van der Waals surface area contributed by atoms with Gasteiger partial charge in [0.15, 0.2) is 0 Å². The second kappa shape index (κ2) is 6.47. The number of piperazine rings is 1. The SMILES string of the molecule is COc1ccc(N2CCN(c3nc4ccccc4c(=O)[nH]3)CC2)cc1. The molecular weight excluding hydrogens is 316 g/mol. The maximum absolute atomic E-state index is 12.2. The monoisotopic (exact) mass is 336 g/mol. The molecule has 0 unspecified atom stereocenters. The van der Waals surface area contributed by atoms with E-state index in [0.29, 0.717) is 11.3 Å². The predicted octanol–water partition coefficient (Wildman–Crippen LogP) is 2.26. The van der Waals surface area contributed by atoms with Crippen LogP contribution in [0.5, 0.6) is 5.75 Å². The normalized spacial score (nSPS) is 14.8. The standard InChI is InChI=1S/C19H20N4O2/c1-25-15-8-6-14(7-9-15)22-10-12-23(13-11-22)19-20-17-5-3-2-4-16(17)18(24)21-19/h2-9H,10-13H2,1H3,(H,20,21,24). The highest BCUT2D eigenvalue weighted by Gasteiger charge is 2.19. The summed E-state index contributed by atoms with van der Waals surface area (Å²) < 4.78 is 5.21. The fourth-order valence-electron chi connectivity index (χ4n) is 3.19. The molecule has 0 aliphatic carbocycles. The predicted molar refractivity (Wildman–Crippen MR) is 99.8 cm³/mol. The van der Waals surface area contributed by atoms with Gasteiger partial charge in [0.2, 0.25) is 5.95 Å². The number of benzene rings is 2. The molecule has 2 aromatic carbocycles. The fourth-order valence-corrected chi connectivity index (χ4v) is 3.19. The van der Waals surface area contributed by atoms with Crippen molar-refractivity contribution < 1.29 is 4.74 Å². The summed E-state index contributed by atoms with van der Waals surface area (Å²) in [4.78, 5) is 24.2. The van der Waals surface area contributed by atoms with Gasteiger partial charge >= 0.3 is 0 Å². The Hall–Kier alpha value is -3.02. The summed E-state index contributed by atoms with van der Waals surface area (Å²) in [6.07, 6.45) is 0. The van der Waals surface area contributed by atoms with Crippen molar-refractivity contribution in [1.82, 2.24) is 9.97 Å². The Balaban J connectivity index is 1.50. The number of fused-ring (bicyclic) bond motifs is 1. The molecule has 1 N–H and O–H groups in total. The maximum Gasteiger partial charge on any atom is 0.260 e. The molecule has 6 heteroatoms. The van der Waals surface area contributed by atoms with Gasteiger partial charge in [0.1, 0.15) is 5.75 Å². The van der Waals surface area contributed by atoms with Crippen LogP contribution in [0.15, 0.2) is 53.3 Å². The summed E-state index contributed by atoms with van der Waals surface area (Å²) in [6.45, 7) is 3.38. The smallest absolute Gasteiger partial charge is 0.260 e. The highest BCUT2D eigenvalue weighted by molar-refractivity contribution is 5.78. The summed E-state index contributed by atoms with van der Waals surface area (Å²) in [7, 11) is 1.67. The number of nitrogens with zero attached hydrogens (tertiary/aromatic N) is 3. The van der Waals surface area contributed by atoms with Gasteiger partial charge in [-0.2, -0.15) is 0 Å². The second-order valence-electron chi connectivity index (χ2n) is 6.08. The minimum Gasteiger partial charge on any atom is -0.497 e. The van der Waals surface area contributed by atoms with E-state index >= 15 is 0 Å². The number of aromatic amines is 1. The Kier molecular flexibility index (Phi) is 4.01. The summed E-state index contributed by atoms with van der Waals surface area (Å²) in [5.74, 6) is 1.51. The van der Waals surface area contributed by atoms with E-state index in [1.807, 2.05) is 30.3 Å². The third-order valence-corrected chi connectivity index (χ3v) is 4.62. The van der Waals surface area contributed by atoms with Crippen molar-refractivity contribution >= 4 is 22.5 Å². The molecule has 1 aromatic heterocycles. The number of hydrogen-bond donors (Lipinski definition) is 1. The first-order valence-electron chi connectivity index (χ1n) is 8.37. The summed E-state index contributed by atoms with van der Waals surface area (Å²) in [5, 5.41) is 0.628. The number of nitrogens with one attached hydrogen (secondary N) is 1. The van der Waals surface area contributed by atoms with Crippen molar-refractivity contribution in [3.8, 4) is 5.75 Å². The number of ether oxygens (including phenoxy) is 1. The molecule has 2 heterocycles. The molecular formula is C19H20N4O2. The first-order valence-corrected chi connectivity index (χ1v) is 8.37. The Labute approximate surface area is 145 Å². The molecule has 0 radical (unpaired) electrons. The van der Waals surface area contributed by atoms with Crippen LogP contribution in [0.4, 0.5) is 11.6 Å². The zero-order valence-corrected chi connectivity index (χ0v) is 14.1. The zero-order chi connectivity index (χ0) is 17.2. The van der Waals surface area contributed by atoms with Gasteiger partial charge in [-0.05, 0) is 36.4 Å². The van der Waals surface area contributed by atoms with Gasteiger partial charge in [0, 0.05) is 31.9 Å². The number of para-hydroxylation sites is 1. The Bertz CT molecular complexity index is 928. The minimum atomic E-state index is -0.0850. The molecule has 128 valence electrons. The van der Waals surface area contributed by atoms with Crippen LogP contribution < -0.4 is 20.1 Å². The lowest BCUT2D eigenvalue weighted by Gasteiger charge is -2.36. The van der Waals surface area contributed by atoms with E-state index in [2.05, 4.69) is 31.9 Å². The van der Waals surface area contributed by atoms with E-state index in [4.69, 9.17) is 4.74 Å². The molecule has 1 saturated heterocycles. The van der Waals surface area contributed by atoms with Crippen molar-refractivity contribution in [2.45, 2.75) is 0 Å². The quantitative estimate of drug-likeness (QED) is 0.795. The molecule has 25 heavy (non-hydrogen) atoms. The largest absolute Gasteiger partial charge is 0.497 e. The number of hydrogen-bond acceptors (Lipinski definition) is 5. The van der Waals surface area contributed by atoms with Crippen LogP contribution in [0.2, 0.25) is 0 Å².